The van der Waals surface area contributed by atoms with Gasteiger partial charge in [0.15, 0.2) is 6.61 Å². The smallest absolute Gasteiger partial charge is 0.338 e. The molecule has 0 radical (unpaired) electrons. The molecule has 2 rings (SSSR count). The number of nitro benzene ring substituents is 1. The number of esters is 1. The van der Waals surface area contributed by atoms with E-state index < -0.39 is 29.2 Å². The molecule has 0 saturated carbocycles. The fourth-order valence-corrected chi connectivity index (χ4v) is 1.66. The zero-order chi connectivity index (χ0) is 16.8. The minimum absolute atomic E-state index is 0.0881. The third kappa shape index (κ3) is 4.60. The number of benzene rings is 2. The number of ether oxygens (including phenoxy) is 1. The molecule has 0 bridgehead atoms. The summed E-state index contributed by atoms with van der Waals surface area (Å²) in [5.74, 6) is -1.81. The highest BCUT2D eigenvalue weighted by Crippen LogP contribution is 2.13. The van der Waals surface area contributed by atoms with E-state index in [-0.39, 0.29) is 11.3 Å². The van der Waals surface area contributed by atoms with Crippen molar-refractivity contribution in [1.29, 1.82) is 0 Å². The molecule has 0 heterocycles. The molecule has 0 aliphatic rings. The molecule has 0 aliphatic carbocycles. The molecule has 2 aromatic carbocycles. The molecule has 0 fully saturated rings. The summed E-state index contributed by atoms with van der Waals surface area (Å²) in [4.78, 5) is 33.2. The maximum atomic E-state index is 12.7. The molecule has 0 unspecified atom stereocenters. The molecule has 118 valence electrons. The van der Waals surface area contributed by atoms with Crippen molar-refractivity contribution in [1.82, 2.24) is 0 Å². The van der Waals surface area contributed by atoms with Crippen LogP contribution in [0, 0.1) is 15.9 Å². The number of amides is 1. The fraction of sp³-hybridized carbons (Fsp3) is 0.0667. The summed E-state index contributed by atoms with van der Waals surface area (Å²) < 4.78 is 17.5. The van der Waals surface area contributed by atoms with Crippen LogP contribution in [0.1, 0.15) is 10.4 Å². The third-order valence-electron chi connectivity index (χ3n) is 2.78. The number of carbonyl (C=O) groups is 2. The van der Waals surface area contributed by atoms with Crippen molar-refractivity contribution in [3.63, 3.8) is 0 Å². The number of nitro groups is 1. The molecule has 1 N–H and O–H groups in total. The van der Waals surface area contributed by atoms with Crippen LogP contribution in [-0.4, -0.2) is 23.4 Å². The molecule has 0 aromatic heterocycles. The molecule has 0 saturated heterocycles. The topological polar surface area (TPSA) is 98.5 Å². The van der Waals surface area contributed by atoms with E-state index in [1.807, 2.05) is 0 Å². The van der Waals surface area contributed by atoms with E-state index in [2.05, 4.69) is 5.32 Å². The number of hydrogen-bond donors (Lipinski definition) is 1. The molecule has 0 spiro atoms. The highest BCUT2D eigenvalue weighted by molar-refractivity contribution is 5.95. The van der Waals surface area contributed by atoms with Gasteiger partial charge in [0.25, 0.3) is 11.6 Å². The Labute approximate surface area is 129 Å². The first-order valence-corrected chi connectivity index (χ1v) is 6.43. The third-order valence-corrected chi connectivity index (χ3v) is 2.78. The average molecular weight is 318 g/mol. The van der Waals surface area contributed by atoms with Crippen LogP contribution in [-0.2, 0) is 9.53 Å². The first-order chi connectivity index (χ1) is 11.0. The van der Waals surface area contributed by atoms with Crippen molar-refractivity contribution in [2.24, 2.45) is 0 Å². The van der Waals surface area contributed by atoms with Crippen LogP contribution in [0.15, 0.2) is 48.5 Å². The van der Waals surface area contributed by atoms with Crippen molar-refractivity contribution >= 4 is 23.3 Å². The van der Waals surface area contributed by atoms with Crippen LogP contribution in [0.4, 0.5) is 15.8 Å². The lowest BCUT2D eigenvalue weighted by Gasteiger charge is -2.06. The Hall–Kier alpha value is -3.29. The van der Waals surface area contributed by atoms with Crippen LogP contribution in [0.2, 0.25) is 0 Å². The lowest BCUT2D eigenvalue weighted by Crippen LogP contribution is -2.20. The number of non-ortho nitro benzene ring substituents is 1. The van der Waals surface area contributed by atoms with Gasteiger partial charge in [0.1, 0.15) is 5.82 Å². The van der Waals surface area contributed by atoms with Gasteiger partial charge in [0.2, 0.25) is 0 Å². The molecule has 1 amide bonds. The summed E-state index contributed by atoms with van der Waals surface area (Å²) >= 11 is 0. The second-order valence-electron chi connectivity index (χ2n) is 4.44. The number of carbonyl (C=O) groups excluding carboxylic acids is 2. The minimum Gasteiger partial charge on any atom is -0.452 e. The zero-order valence-corrected chi connectivity index (χ0v) is 11.7. The summed E-state index contributed by atoms with van der Waals surface area (Å²) in [6.45, 7) is -0.535. The fourth-order valence-electron chi connectivity index (χ4n) is 1.66. The van der Waals surface area contributed by atoms with Gasteiger partial charge in [-0.15, -0.1) is 0 Å². The lowest BCUT2D eigenvalue weighted by atomic mass is 10.2. The van der Waals surface area contributed by atoms with Crippen molar-refractivity contribution in [3.05, 3.63) is 70.0 Å². The van der Waals surface area contributed by atoms with Gasteiger partial charge in [-0.3, -0.25) is 14.9 Å². The highest BCUT2D eigenvalue weighted by atomic mass is 19.1. The monoisotopic (exact) mass is 318 g/mol. The molecule has 0 atom stereocenters. The van der Waals surface area contributed by atoms with Crippen LogP contribution in [0.25, 0.3) is 0 Å². The average Bonchev–Trinajstić information content (AvgIpc) is 2.55. The Morgan fingerprint density at radius 1 is 1.09 bits per heavy atom. The van der Waals surface area contributed by atoms with Gasteiger partial charge in [-0.05, 0) is 36.4 Å². The number of hydrogen-bond acceptors (Lipinski definition) is 5. The van der Waals surface area contributed by atoms with E-state index in [4.69, 9.17) is 4.74 Å². The largest absolute Gasteiger partial charge is 0.452 e. The molecular formula is C15H11FN2O5. The van der Waals surface area contributed by atoms with Crippen molar-refractivity contribution in [3.8, 4) is 0 Å². The van der Waals surface area contributed by atoms with E-state index in [1.54, 1.807) is 0 Å². The summed E-state index contributed by atoms with van der Waals surface area (Å²) in [5.41, 5.74) is 0.295. The molecule has 0 aliphatic heterocycles. The summed E-state index contributed by atoms with van der Waals surface area (Å²) in [5, 5.41) is 12.9. The number of anilines is 1. The lowest BCUT2D eigenvalue weighted by molar-refractivity contribution is -0.384. The second kappa shape index (κ2) is 7.12. The maximum absolute atomic E-state index is 12.7. The Kier molecular flexibility index (Phi) is 4.98. The van der Waals surface area contributed by atoms with Crippen molar-refractivity contribution < 1.29 is 23.6 Å². The molecule has 2 aromatic rings. The first-order valence-electron chi connectivity index (χ1n) is 6.43. The number of nitrogens with zero attached hydrogens (tertiary/aromatic N) is 1. The molecular weight excluding hydrogens is 307 g/mol. The Morgan fingerprint density at radius 2 is 1.70 bits per heavy atom. The van der Waals surface area contributed by atoms with Crippen LogP contribution in [0.3, 0.4) is 0 Å². The summed E-state index contributed by atoms with van der Waals surface area (Å²) in [6.07, 6.45) is 0. The van der Waals surface area contributed by atoms with E-state index in [1.165, 1.54) is 36.4 Å². The standard InChI is InChI=1S/C15H11FN2O5/c16-11-3-5-12(6-4-11)17-14(19)9-23-15(20)10-1-7-13(8-2-10)18(21)22/h1-8H,9H2,(H,17,19). The Morgan fingerprint density at radius 3 is 2.26 bits per heavy atom. The Balaban J connectivity index is 1.87. The van der Waals surface area contributed by atoms with Gasteiger partial charge in [0.05, 0.1) is 10.5 Å². The van der Waals surface area contributed by atoms with Gasteiger partial charge in [-0.1, -0.05) is 0 Å². The highest BCUT2D eigenvalue weighted by Gasteiger charge is 2.12. The van der Waals surface area contributed by atoms with Crippen molar-refractivity contribution in [2.45, 2.75) is 0 Å². The van der Waals surface area contributed by atoms with E-state index in [9.17, 15) is 24.1 Å². The maximum Gasteiger partial charge on any atom is 0.338 e. The van der Waals surface area contributed by atoms with Gasteiger partial charge in [0, 0.05) is 17.8 Å². The van der Waals surface area contributed by atoms with Crippen LogP contribution in [0.5, 0.6) is 0 Å². The quantitative estimate of drug-likeness (QED) is 0.519. The SMILES string of the molecule is O=C(COC(=O)c1ccc([N+](=O)[O-])cc1)Nc1ccc(F)cc1. The van der Waals surface area contributed by atoms with Crippen LogP contribution < -0.4 is 5.32 Å². The normalized spacial score (nSPS) is 9.96. The number of rotatable bonds is 5. The van der Waals surface area contributed by atoms with E-state index in [0.717, 1.165) is 12.1 Å². The summed E-state index contributed by atoms with van der Waals surface area (Å²) in [7, 11) is 0. The van der Waals surface area contributed by atoms with Gasteiger partial charge < -0.3 is 10.1 Å². The van der Waals surface area contributed by atoms with Crippen LogP contribution >= 0.6 is 0 Å². The number of nitrogens with one attached hydrogen (secondary N) is 1. The van der Waals surface area contributed by atoms with Gasteiger partial charge in [-0.25, -0.2) is 9.18 Å². The molecule has 23 heavy (non-hydrogen) atoms. The van der Waals surface area contributed by atoms with Gasteiger partial charge in [-0.2, -0.15) is 0 Å². The zero-order valence-electron chi connectivity index (χ0n) is 11.7. The van der Waals surface area contributed by atoms with Crippen molar-refractivity contribution in [2.75, 3.05) is 11.9 Å². The van der Waals surface area contributed by atoms with E-state index >= 15 is 0 Å². The molecule has 8 heteroatoms. The second-order valence-corrected chi connectivity index (χ2v) is 4.44. The molecule has 7 nitrogen and oxygen atoms in total. The first kappa shape index (κ1) is 16.1. The Bertz CT molecular complexity index is 729. The van der Waals surface area contributed by atoms with Gasteiger partial charge >= 0.3 is 5.97 Å². The minimum atomic E-state index is -0.783. The van der Waals surface area contributed by atoms with E-state index in [0.29, 0.717) is 5.69 Å². The predicted octanol–water partition coefficient (Wildman–Crippen LogP) is 2.53. The summed E-state index contributed by atoms with van der Waals surface area (Å²) in [6, 6.07) is 9.88. The number of halogens is 1. The predicted molar refractivity (Wildman–Crippen MR) is 78.4 cm³/mol.